The lowest BCUT2D eigenvalue weighted by Gasteiger charge is -2.37. The average Bonchev–Trinajstić information content (AvgIpc) is 2.42. The zero-order valence-electron chi connectivity index (χ0n) is 9.41. The third-order valence-corrected chi connectivity index (χ3v) is 3.94. The van der Waals surface area contributed by atoms with Gasteiger partial charge in [0.2, 0.25) is 0 Å². The van der Waals surface area contributed by atoms with Crippen LogP contribution in [0.5, 0.6) is 0 Å². The third kappa shape index (κ3) is 2.12. The van der Waals surface area contributed by atoms with Gasteiger partial charge in [0.05, 0.1) is 0 Å². The summed E-state index contributed by atoms with van der Waals surface area (Å²) in [6.45, 7) is 3.61. The zero-order valence-corrected chi connectivity index (χ0v) is 9.41. The van der Waals surface area contributed by atoms with Crippen LogP contribution in [0.2, 0.25) is 0 Å². The van der Waals surface area contributed by atoms with Gasteiger partial charge in [-0.2, -0.15) is 0 Å². The number of hydrogen-bond donors (Lipinski definition) is 1. The van der Waals surface area contributed by atoms with E-state index in [-0.39, 0.29) is 0 Å². The van der Waals surface area contributed by atoms with Crippen LogP contribution in [0.3, 0.4) is 0 Å². The fourth-order valence-electron chi connectivity index (χ4n) is 3.23. The molecule has 2 bridgehead atoms. The van der Waals surface area contributed by atoms with Crippen LogP contribution in [0.4, 0.5) is 0 Å². The molecule has 2 saturated heterocycles. The molecule has 2 aliphatic heterocycles. The van der Waals surface area contributed by atoms with Gasteiger partial charge in [-0.05, 0) is 38.6 Å². The minimum Gasteiger partial charge on any atom is -0.328 e. The number of hydrogen-bond acceptors (Lipinski definition) is 2. The van der Waals surface area contributed by atoms with E-state index in [1.807, 2.05) is 0 Å². The summed E-state index contributed by atoms with van der Waals surface area (Å²) in [6.07, 6.45) is 9.43. The van der Waals surface area contributed by atoms with E-state index >= 15 is 0 Å². The maximum atomic E-state index is 6.05. The highest BCUT2D eigenvalue weighted by Gasteiger charge is 2.38. The standard InChI is InChI=1S/C12H24N2/c1-2-3-4-7-14-11-5-6-12(14)9-10(13)8-11/h10-12H,2-9,13H2,1H3. The van der Waals surface area contributed by atoms with E-state index in [0.717, 1.165) is 12.1 Å². The first-order valence-electron chi connectivity index (χ1n) is 6.32. The highest BCUT2D eigenvalue weighted by atomic mass is 15.2. The number of fused-ring (bicyclic) bond motifs is 2. The molecule has 2 aliphatic rings. The SMILES string of the molecule is CCCCCN1C2CCC1CC(N)C2. The monoisotopic (exact) mass is 196 g/mol. The van der Waals surface area contributed by atoms with Gasteiger partial charge in [0, 0.05) is 18.1 Å². The molecule has 2 unspecified atom stereocenters. The molecule has 2 fully saturated rings. The van der Waals surface area contributed by atoms with Crippen LogP contribution in [0.15, 0.2) is 0 Å². The van der Waals surface area contributed by atoms with Crippen LogP contribution < -0.4 is 5.73 Å². The Morgan fingerprint density at radius 2 is 1.79 bits per heavy atom. The molecule has 2 heterocycles. The first-order valence-corrected chi connectivity index (χ1v) is 6.32. The Balaban J connectivity index is 1.82. The summed E-state index contributed by atoms with van der Waals surface area (Å²) >= 11 is 0. The van der Waals surface area contributed by atoms with E-state index in [0.29, 0.717) is 6.04 Å². The highest BCUT2D eigenvalue weighted by molar-refractivity contribution is 4.96. The minimum atomic E-state index is 0.495. The van der Waals surface area contributed by atoms with Crippen LogP contribution >= 0.6 is 0 Å². The number of nitrogens with zero attached hydrogens (tertiary/aromatic N) is 1. The van der Waals surface area contributed by atoms with E-state index in [2.05, 4.69) is 11.8 Å². The van der Waals surface area contributed by atoms with Gasteiger partial charge >= 0.3 is 0 Å². The Labute approximate surface area is 87.8 Å². The van der Waals surface area contributed by atoms with Crippen molar-refractivity contribution in [2.45, 2.75) is 70.0 Å². The lowest BCUT2D eigenvalue weighted by molar-refractivity contribution is 0.125. The van der Waals surface area contributed by atoms with Crippen LogP contribution in [0, 0.1) is 0 Å². The molecule has 82 valence electrons. The maximum absolute atomic E-state index is 6.05. The summed E-state index contributed by atoms with van der Waals surface area (Å²) in [4.78, 5) is 2.75. The van der Waals surface area contributed by atoms with Crippen molar-refractivity contribution in [2.24, 2.45) is 5.73 Å². The van der Waals surface area contributed by atoms with Gasteiger partial charge in [-0.1, -0.05) is 19.8 Å². The molecule has 0 aromatic rings. The van der Waals surface area contributed by atoms with E-state index < -0.39 is 0 Å². The fourth-order valence-corrected chi connectivity index (χ4v) is 3.23. The number of piperidine rings is 1. The van der Waals surface area contributed by atoms with Crippen LogP contribution in [-0.4, -0.2) is 29.6 Å². The Bertz CT molecular complexity index is 167. The smallest absolute Gasteiger partial charge is 0.0113 e. The highest BCUT2D eigenvalue weighted by Crippen LogP contribution is 2.35. The van der Waals surface area contributed by atoms with Crippen LogP contribution in [0.1, 0.15) is 51.9 Å². The van der Waals surface area contributed by atoms with Gasteiger partial charge in [-0.3, -0.25) is 4.90 Å². The third-order valence-electron chi connectivity index (χ3n) is 3.94. The summed E-state index contributed by atoms with van der Waals surface area (Å²) < 4.78 is 0. The summed E-state index contributed by atoms with van der Waals surface area (Å²) in [5, 5.41) is 0. The fraction of sp³-hybridized carbons (Fsp3) is 1.00. The second-order valence-corrected chi connectivity index (χ2v) is 5.06. The first-order chi connectivity index (χ1) is 6.81. The molecule has 0 saturated carbocycles. The Morgan fingerprint density at radius 3 is 2.36 bits per heavy atom. The maximum Gasteiger partial charge on any atom is 0.0113 e. The van der Waals surface area contributed by atoms with Gasteiger partial charge in [-0.25, -0.2) is 0 Å². The predicted octanol–water partition coefficient (Wildman–Crippen LogP) is 2.13. The largest absolute Gasteiger partial charge is 0.328 e. The van der Waals surface area contributed by atoms with Crippen molar-refractivity contribution in [2.75, 3.05) is 6.54 Å². The van der Waals surface area contributed by atoms with E-state index in [4.69, 9.17) is 5.73 Å². The minimum absolute atomic E-state index is 0.495. The van der Waals surface area contributed by atoms with E-state index in [1.165, 1.54) is 51.5 Å². The zero-order chi connectivity index (χ0) is 9.97. The Kier molecular flexibility index (Phi) is 3.45. The van der Waals surface area contributed by atoms with Gasteiger partial charge in [0.1, 0.15) is 0 Å². The average molecular weight is 196 g/mol. The lowest BCUT2D eigenvalue weighted by atomic mass is 9.98. The molecule has 0 aromatic heterocycles. The molecule has 0 radical (unpaired) electrons. The second kappa shape index (κ2) is 4.63. The van der Waals surface area contributed by atoms with Crippen LogP contribution in [-0.2, 0) is 0 Å². The lowest BCUT2D eigenvalue weighted by Crippen LogP contribution is -2.47. The van der Waals surface area contributed by atoms with Crippen molar-refractivity contribution in [3.05, 3.63) is 0 Å². The number of unbranched alkanes of at least 4 members (excludes halogenated alkanes) is 2. The molecule has 2 nitrogen and oxygen atoms in total. The molecule has 2 heteroatoms. The molecule has 0 spiro atoms. The van der Waals surface area contributed by atoms with Crippen molar-refractivity contribution < 1.29 is 0 Å². The topological polar surface area (TPSA) is 29.3 Å². The first kappa shape index (κ1) is 10.4. The molecule has 2 rings (SSSR count). The van der Waals surface area contributed by atoms with Gasteiger partial charge < -0.3 is 5.73 Å². The van der Waals surface area contributed by atoms with Crippen molar-refractivity contribution in [3.8, 4) is 0 Å². The van der Waals surface area contributed by atoms with Crippen molar-refractivity contribution >= 4 is 0 Å². The Morgan fingerprint density at radius 1 is 1.14 bits per heavy atom. The number of nitrogens with two attached hydrogens (primary N) is 1. The molecular weight excluding hydrogens is 172 g/mol. The van der Waals surface area contributed by atoms with Gasteiger partial charge in [-0.15, -0.1) is 0 Å². The van der Waals surface area contributed by atoms with Gasteiger partial charge in [0.25, 0.3) is 0 Å². The molecule has 0 aromatic carbocycles. The molecule has 2 N–H and O–H groups in total. The normalized spacial score (nSPS) is 37.7. The van der Waals surface area contributed by atoms with E-state index in [9.17, 15) is 0 Å². The molecule has 14 heavy (non-hydrogen) atoms. The summed E-state index contributed by atoms with van der Waals surface area (Å²) in [5.41, 5.74) is 6.05. The summed E-state index contributed by atoms with van der Waals surface area (Å²) in [6, 6.07) is 2.16. The van der Waals surface area contributed by atoms with E-state index in [1.54, 1.807) is 0 Å². The Hall–Kier alpha value is -0.0800. The second-order valence-electron chi connectivity index (χ2n) is 5.06. The van der Waals surface area contributed by atoms with Gasteiger partial charge in [0.15, 0.2) is 0 Å². The van der Waals surface area contributed by atoms with Crippen molar-refractivity contribution in [1.29, 1.82) is 0 Å². The van der Waals surface area contributed by atoms with Crippen molar-refractivity contribution in [1.82, 2.24) is 4.90 Å². The number of rotatable bonds is 4. The summed E-state index contributed by atoms with van der Waals surface area (Å²) in [5.74, 6) is 0. The van der Waals surface area contributed by atoms with Crippen molar-refractivity contribution in [3.63, 3.8) is 0 Å². The molecule has 2 atom stereocenters. The summed E-state index contributed by atoms with van der Waals surface area (Å²) in [7, 11) is 0. The molecular formula is C12H24N2. The predicted molar refractivity (Wildman–Crippen MR) is 60.3 cm³/mol. The molecule has 0 amide bonds. The van der Waals surface area contributed by atoms with Crippen LogP contribution in [0.25, 0.3) is 0 Å². The quantitative estimate of drug-likeness (QED) is 0.698. The molecule has 0 aliphatic carbocycles.